The van der Waals surface area contributed by atoms with Gasteiger partial charge in [-0.15, -0.1) is 0 Å². The Bertz CT molecular complexity index is 1030. The van der Waals surface area contributed by atoms with Gasteiger partial charge in [-0.25, -0.2) is 4.98 Å². The number of hydrogen-bond acceptors (Lipinski definition) is 4. The largest absolute Gasteiger partial charge is 0.344 e. The van der Waals surface area contributed by atoms with Crippen molar-refractivity contribution in [2.24, 2.45) is 5.73 Å². The fraction of sp³-hybridized carbons (Fsp3) is 0.552. The van der Waals surface area contributed by atoms with Crippen LogP contribution < -0.4 is 11.9 Å². The van der Waals surface area contributed by atoms with Crippen molar-refractivity contribution < 1.29 is 0 Å². The summed E-state index contributed by atoms with van der Waals surface area (Å²) in [5.74, 6) is 1.09. The molecule has 1 aliphatic heterocycles. The van der Waals surface area contributed by atoms with Crippen LogP contribution in [0.3, 0.4) is 0 Å². The summed E-state index contributed by atoms with van der Waals surface area (Å²) in [5, 5.41) is 0. The fourth-order valence-electron chi connectivity index (χ4n) is 6.55. The molecule has 34 heavy (non-hydrogen) atoms. The molecule has 1 aliphatic carbocycles. The van der Waals surface area contributed by atoms with Crippen molar-refractivity contribution in [1.82, 2.24) is 20.6 Å². The van der Waals surface area contributed by atoms with Crippen molar-refractivity contribution in [3.8, 4) is 0 Å². The molecule has 1 aromatic heterocycles. The molecular weight excluding hydrogens is 418 g/mol. The number of nitrogens with two attached hydrogens (primary N) is 1. The number of fused-ring (bicyclic) bond motifs is 1. The molecule has 2 heterocycles. The van der Waals surface area contributed by atoms with Gasteiger partial charge in [0.25, 0.3) is 0 Å². The summed E-state index contributed by atoms with van der Waals surface area (Å²) in [6.07, 6.45) is 12.4. The van der Waals surface area contributed by atoms with Crippen LogP contribution in [0.15, 0.2) is 54.6 Å². The van der Waals surface area contributed by atoms with Crippen LogP contribution >= 0.6 is 0 Å². The van der Waals surface area contributed by atoms with Gasteiger partial charge >= 0.3 is 0 Å². The fourth-order valence-corrected chi connectivity index (χ4v) is 6.55. The zero-order valence-electron chi connectivity index (χ0n) is 21.0. The number of hydrogen-bond donors (Lipinski definition) is 2. The topological polar surface area (TPSA) is 82.1 Å². The van der Waals surface area contributed by atoms with Gasteiger partial charge in [0.2, 0.25) is 0 Å². The first-order chi connectivity index (χ1) is 16.2. The summed E-state index contributed by atoms with van der Waals surface area (Å²) in [6.45, 7) is 4.50. The molecule has 0 amide bonds. The van der Waals surface area contributed by atoms with Gasteiger partial charge in [0, 0.05) is 24.7 Å². The molecule has 1 unspecified atom stereocenters. The molecule has 2 aromatic carbocycles. The number of rotatable bonds is 6. The Hall–Kier alpha value is -2.21. The Kier molecular flexibility index (Phi) is 8.07. The molecule has 5 rings (SSSR count). The lowest BCUT2D eigenvalue weighted by Gasteiger charge is -2.48. The first kappa shape index (κ1) is 24.9. The highest BCUT2D eigenvalue weighted by atomic mass is 15.2. The lowest BCUT2D eigenvalue weighted by Crippen LogP contribution is -2.50. The minimum Gasteiger partial charge on any atom is -0.344 e. The summed E-state index contributed by atoms with van der Waals surface area (Å²) < 4.78 is 2.51. The molecule has 1 saturated carbocycles. The van der Waals surface area contributed by atoms with Gasteiger partial charge in [-0.05, 0) is 49.8 Å². The van der Waals surface area contributed by atoms with Crippen LogP contribution in [0.5, 0.6) is 0 Å². The number of imidazole rings is 1. The number of aromatic nitrogens is 2. The molecule has 0 spiro atoms. The maximum Gasteiger partial charge on any atom is 0.127 e. The number of nitrogens with zero attached hydrogens (tertiary/aromatic N) is 3. The van der Waals surface area contributed by atoms with Crippen LogP contribution in [-0.2, 0) is 5.54 Å². The SMILES string of the molecule is CCCC(N)c1nc2ccccc2n1C1CCN(C2(c3ccccc3)CCCCCC2)CC1.N. The number of benzene rings is 2. The quantitative estimate of drug-likeness (QED) is 0.392. The van der Waals surface area contributed by atoms with Crippen LogP contribution in [0.2, 0.25) is 0 Å². The molecule has 184 valence electrons. The molecule has 1 atom stereocenters. The summed E-state index contributed by atoms with van der Waals surface area (Å²) >= 11 is 0. The van der Waals surface area contributed by atoms with Gasteiger partial charge in [-0.2, -0.15) is 0 Å². The van der Waals surface area contributed by atoms with Crippen molar-refractivity contribution >= 4 is 11.0 Å². The van der Waals surface area contributed by atoms with E-state index in [0.717, 1.165) is 37.3 Å². The highest BCUT2D eigenvalue weighted by Crippen LogP contribution is 2.44. The lowest BCUT2D eigenvalue weighted by atomic mass is 9.79. The van der Waals surface area contributed by atoms with Crippen LogP contribution in [0.25, 0.3) is 11.0 Å². The highest BCUT2D eigenvalue weighted by molar-refractivity contribution is 5.76. The molecule has 0 radical (unpaired) electrons. The van der Waals surface area contributed by atoms with E-state index in [2.05, 4.69) is 71.0 Å². The summed E-state index contributed by atoms with van der Waals surface area (Å²) in [6, 6.07) is 20.5. The van der Waals surface area contributed by atoms with E-state index < -0.39 is 0 Å². The minimum absolute atomic E-state index is 0. The van der Waals surface area contributed by atoms with Crippen molar-refractivity contribution in [3.05, 3.63) is 66.0 Å². The number of para-hydroxylation sites is 2. The van der Waals surface area contributed by atoms with Crippen LogP contribution in [0.1, 0.15) is 94.6 Å². The zero-order valence-corrected chi connectivity index (χ0v) is 21.0. The highest BCUT2D eigenvalue weighted by Gasteiger charge is 2.40. The molecule has 3 aromatic rings. The van der Waals surface area contributed by atoms with E-state index in [-0.39, 0.29) is 17.7 Å². The predicted molar refractivity (Wildman–Crippen MR) is 142 cm³/mol. The summed E-state index contributed by atoms with van der Waals surface area (Å²) in [4.78, 5) is 7.86. The van der Waals surface area contributed by atoms with E-state index in [4.69, 9.17) is 10.7 Å². The van der Waals surface area contributed by atoms with Gasteiger partial charge < -0.3 is 16.5 Å². The van der Waals surface area contributed by atoms with Gasteiger partial charge in [0.15, 0.2) is 0 Å². The van der Waals surface area contributed by atoms with E-state index in [1.54, 1.807) is 0 Å². The average molecular weight is 462 g/mol. The molecule has 2 fully saturated rings. The third-order valence-electron chi connectivity index (χ3n) is 8.23. The van der Waals surface area contributed by atoms with E-state index in [1.807, 2.05) is 0 Å². The van der Waals surface area contributed by atoms with Crippen molar-refractivity contribution in [2.75, 3.05) is 13.1 Å². The Balaban J connectivity index is 0.00000274. The van der Waals surface area contributed by atoms with Crippen molar-refractivity contribution in [3.63, 3.8) is 0 Å². The van der Waals surface area contributed by atoms with E-state index >= 15 is 0 Å². The van der Waals surface area contributed by atoms with E-state index in [1.165, 1.54) is 62.4 Å². The smallest absolute Gasteiger partial charge is 0.127 e. The lowest BCUT2D eigenvalue weighted by molar-refractivity contribution is 0.0354. The first-order valence-corrected chi connectivity index (χ1v) is 13.3. The molecule has 0 bridgehead atoms. The van der Waals surface area contributed by atoms with Gasteiger partial charge in [0.1, 0.15) is 5.82 Å². The predicted octanol–water partition coefficient (Wildman–Crippen LogP) is 6.88. The molecule has 5 nitrogen and oxygen atoms in total. The van der Waals surface area contributed by atoms with Gasteiger partial charge in [-0.1, -0.05) is 81.5 Å². The summed E-state index contributed by atoms with van der Waals surface area (Å²) in [7, 11) is 0. The third kappa shape index (κ3) is 4.66. The van der Waals surface area contributed by atoms with Gasteiger partial charge in [0.05, 0.1) is 17.1 Å². The number of likely N-dealkylation sites (tertiary alicyclic amines) is 1. The Morgan fingerprint density at radius 2 is 1.59 bits per heavy atom. The minimum atomic E-state index is 0. The van der Waals surface area contributed by atoms with E-state index in [9.17, 15) is 0 Å². The second-order valence-corrected chi connectivity index (χ2v) is 10.3. The van der Waals surface area contributed by atoms with Crippen LogP contribution in [0.4, 0.5) is 0 Å². The molecule has 1 saturated heterocycles. The second kappa shape index (κ2) is 11.0. The Morgan fingerprint density at radius 3 is 2.26 bits per heavy atom. The normalized spacial score (nSPS) is 20.5. The first-order valence-electron chi connectivity index (χ1n) is 13.3. The standard InChI is InChI=1S/C29H40N4.H3N/c1-2-12-25(30)28-31-26-15-8-9-16-27(26)33(28)24-17-21-32(22-18-24)29(19-10-3-4-11-20-29)23-13-6-5-7-14-23;/h5-9,13-16,24-25H,2-4,10-12,17-22,30H2,1H3;1H3. The zero-order chi connectivity index (χ0) is 22.7. The third-order valence-corrected chi connectivity index (χ3v) is 8.23. The van der Waals surface area contributed by atoms with Crippen LogP contribution in [-0.4, -0.2) is 27.5 Å². The van der Waals surface area contributed by atoms with Gasteiger partial charge in [-0.3, -0.25) is 4.90 Å². The molecule has 5 heteroatoms. The Labute approximate surface area is 205 Å². The average Bonchev–Trinajstić information content (AvgIpc) is 3.07. The maximum absolute atomic E-state index is 6.64. The molecule has 5 N–H and O–H groups in total. The second-order valence-electron chi connectivity index (χ2n) is 10.3. The molecular formula is C29H43N5. The van der Waals surface area contributed by atoms with E-state index in [0.29, 0.717) is 6.04 Å². The number of piperidine rings is 1. The Morgan fingerprint density at radius 1 is 0.941 bits per heavy atom. The monoisotopic (exact) mass is 461 g/mol. The maximum atomic E-state index is 6.64. The summed E-state index contributed by atoms with van der Waals surface area (Å²) in [5.41, 5.74) is 10.7. The molecule has 2 aliphatic rings. The van der Waals surface area contributed by atoms with Crippen molar-refractivity contribution in [2.45, 2.75) is 88.8 Å². The van der Waals surface area contributed by atoms with Crippen LogP contribution in [0, 0.1) is 0 Å². The van der Waals surface area contributed by atoms with Crippen molar-refractivity contribution in [1.29, 1.82) is 0 Å².